The van der Waals surface area contributed by atoms with Crippen LogP contribution in [-0.4, -0.2) is 61.8 Å². The lowest BCUT2D eigenvalue weighted by molar-refractivity contribution is -0.0498. The third-order valence-corrected chi connectivity index (χ3v) is 4.85. The van der Waals surface area contributed by atoms with Gasteiger partial charge in [0.1, 0.15) is 5.75 Å². The fourth-order valence-electron chi connectivity index (χ4n) is 3.11. The molecule has 1 heterocycles. The molecule has 6 nitrogen and oxygen atoms in total. The van der Waals surface area contributed by atoms with Gasteiger partial charge in [0.25, 0.3) is 0 Å². The summed E-state index contributed by atoms with van der Waals surface area (Å²) in [5.74, 6) is 1.54. The quantitative estimate of drug-likeness (QED) is 0.262. The van der Waals surface area contributed by atoms with Gasteiger partial charge in [0, 0.05) is 19.6 Å². The predicted octanol–water partition coefficient (Wildman–Crippen LogP) is 3.23. The molecule has 1 fully saturated rings. The van der Waals surface area contributed by atoms with Crippen molar-refractivity contribution in [2.45, 2.75) is 39.4 Å². The van der Waals surface area contributed by atoms with E-state index < -0.39 is 12.7 Å². The van der Waals surface area contributed by atoms with Gasteiger partial charge in [-0.1, -0.05) is 19.1 Å². The van der Waals surface area contributed by atoms with Crippen molar-refractivity contribution in [2.75, 3.05) is 39.3 Å². The number of aliphatic hydroxyl groups excluding tert-OH is 1. The van der Waals surface area contributed by atoms with E-state index in [4.69, 9.17) is 0 Å². The summed E-state index contributed by atoms with van der Waals surface area (Å²) >= 11 is 0. The third-order valence-electron chi connectivity index (χ3n) is 4.85. The van der Waals surface area contributed by atoms with Crippen LogP contribution in [0.2, 0.25) is 0 Å². The van der Waals surface area contributed by atoms with E-state index in [2.05, 4.69) is 32.2 Å². The number of ether oxygens (including phenoxy) is 1. The Morgan fingerprint density at radius 2 is 1.90 bits per heavy atom. The Bertz CT molecular complexity index is 597. The lowest BCUT2D eigenvalue weighted by Crippen LogP contribution is -2.43. The van der Waals surface area contributed by atoms with Crippen LogP contribution in [0, 0.1) is 5.92 Å². The molecule has 0 spiro atoms. The van der Waals surface area contributed by atoms with E-state index in [-0.39, 0.29) is 36.3 Å². The van der Waals surface area contributed by atoms with Crippen molar-refractivity contribution in [3.63, 3.8) is 0 Å². The SMILES string of the molecule is CCNC(=NCC(O)c1ccc(OC(F)F)cc1)NCCN1CCC(C)CC1.I. The van der Waals surface area contributed by atoms with Crippen molar-refractivity contribution >= 4 is 29.9 Å². The van der Waals surface area contributed by atoms with E-state index in [0.717, 1.165) is 38.6 Å². The zero-order chi connectivity index (χ0) is 20.4. The first-order valence-electron chi connectivity index (χ1n) is 9.95. The maximum atomic E-state index is 12.2. The first-order chi connectivity index (χ1) is 13.5. The summed E-state index contributed by atoms with van der Waals surface area (Å²) in [6, 6.07) is 5.96. The summed E-state index contributed by atoms with van der Waals surface area (Å²) < 4.78 is 28.7. The molecular weight excluding hydrogens is 493 g/mol. The fourth-order valence-corrected chi connectivity index (χ4v) is 3.11. The number of nitrogens with zero attached hydrogens (tertiary/aromatic N) is 2. The molecule has 29 heavy (non-hydrogen) atoms. The van der Waals surface area contributed by atoms with Crippen LogP contribution in [0.1, 0.15) is 38.4 Å². The predicted molar refractivity (Wildman–Crippen MR) is 122 cm³/mol. The van der Waals surface area contributed by atoms with Gasteiger partial charge in [-0.05, 0) is 56.5 Å². The second-order valence-corrected chi connectivity index (χ2v) is 7.13. The highest BCUT2D eigenvalue weighted by Gasteiger charge is 2.15. The molecule has 3 N–H and O–H groups in total. The van der Waals surface area contributed by atoms with Crippen LogP contribution in [0.15, 0.2) is 29.3 Å². The highest BCUT2D eigenvalue weighted by atomic mass is 127. The number of aliphatic hydroxyl groups is 1. The monoisotopic (exact) mass is 526 g/mol. The first-order valence-corrected chi connectivity index (χ1v) is 9.95. The van der Waals surface area contributed by atoms with Crippen molar-refractivity contribution in [3.8, 4) is 5.75 Å². The number of rotatable bonds is 9. The molecule has 1 saturated heterocycles. The second kappa shape index (κ2) is 13.9. The molecule has 0 aliphatic carbocycles. The molecule has 0 amide bonds. The van der Waals surface area contributed by atoms with Gasteiger partial charge in [0.2, 0.25) is 0 Å². The Morgan fingerprint density at radius 3 is 2.48 bits per heavy atom. The number of benzene rings is 1. The maximum Gasteiger partial charge on any atom is 0.387 e. The van der Waals surface area contributed by atoms with Crippen molar-refractivity contribution in [2.24, 2.45) is 10.9 Å². The minimum absolute atomic E-state index is 0. The van der Waals surface area contributed by atoms with Crippen LogP contribution < -0.4 is 15.4 Å². The number of likely N-dealkylation sites (tertiary alicyclic amines) is 1. The average molecular weight is 526 g/mol. The van der Waals surface area contributed by atoms with E-state index in [0.29, 0.717) is 11.5 Å². The van der Waals surface area contributed by atoms with Gasteiger partial charge >= 0.3 is 6.61 Å². The number of hydrogen-bond donors (Lipinski definition) is 3. The average Bonchev–Trinajstić information content (AvgIpc) is 2.67. The molecule has 1 aliphatic heterocycles. The Balaban J connectivity index is 0.00000420. The minimum atomic E-state index is -2.86. The van der Waals surface area contributed by atoms with Gasteiger partial charge in [-0.25, -0.2) is 0 Å². The highest BCUT2D eigenvalue weighted by Crippen LogP contribution is 2.19. The number of hydrogen-bond acceptors (Lipinski definition) is 4. The number of piperidine rings is 1. The van der Waals surface area contributed by atoms with Gasteiger partial charge in [-0.15, -0.1) is 24.0 Å². The maximum absolute atomic E-state index is 12.2. The van der Waals surface area contributed by atoms with Crippen molar-refractivity contribution < 1.29 is 18.6 Å². The van der Waals surface area contributed by atoms with E-state index >= 15 is 0 Å². The molecule has 2 rings (SSSR count). The summed E-state index contributed by atoms with van der Waals surface area (Å²) in [6.45, 7) is 6.36. The molecule has 166 valence electrons. The molecule has 9 heteroatoms. The number of aliphatic imine (C=N–C) groups is 1. The van der Waals surface area contributed by atoms with E-state index in [1.54, 1.807) is 12.1 Å². The molecule has 0 bridgehead atoms. The topological polar surface area (TPSA) is 69.1 Å². The van der Waals surface area contributed by atoms with Gasteiger partial charge in [0.05, 0.1) is 12.6 Å². The number of alkyl halides is 2. The van der Waals surface area contributed by atoms with Crippen LogP contribution in [0.25, 0.3) is 0 Å². The van der Waals surface area contributed by atoms with Crippen LogP contribution in [0.3, 0.4) is 0 Å². The Morgan fingerprint density at radius 1 is 1.24 bits per heavy atom. The lowest BCUT2D eigenvalue weighted by atomic mass is 9.99. The molecule has 0 aromatic heterocycles. The third kappa shape index (κ3) is 9.90. The van der Waals surface area contributed by atoms with Crippen LogP contribution in [0.5, 0.6) is 5.75 Å². The Labute approximate surface area is 189 Å². The fraction of sp³-hybridized carbons (Fsp3) is 0.650. The summed E-state index contributed by atoms with van der Waals surface area (Å²) in [4.78, 5) is 6.88. The molecule has 1 aromatic rings. The smallest absolute Gasteiger partial charge is 0.387 e. The van der Waals surface area contributed by atoms with Gasteiger partial charge in [0.15, 0.2) is 5.96 Å². The van der Waals surface area contributed by atoms with Gasteiger partial charge < -0.3 is 25.4 Å². The first kappa shape index (κ1) is 25.8. The highest BCUT2D eigenvalue weighted by molar-refractivity contribution is 14.0. The molecule has 0 radical (unpaired) electrons. The summed E-state index contributed by atoms with van der Waals surface area (Å²) in [7, 11) is 0. The molecular formula is C20H33F2IN4O2. The molecule has 1 aromatic carbocycles. The van der Waals surface area contributed by atoms with Gasteiger partial charge in [-0.2, -0.15) is 8.78 Å². The molecule has 1 atom stereocenters. The standard InChI is InChI=1S/C20H32F2N4O2.HI/c1-3-23-20(24-10-13-26-11-8-15(2)9-12-26)25-14-18(27)16-4-6-17(7-5-16)28-19(21)22;/h4-7,15,18-19,27H,3,8-14H2,1-2H3,(H2,23,24,25);1H. The minimum Gasteiger partial charge on any atom is -0.435 e. The summed E-state index contributed by atoms with van der Waals surface area (Å²) in [5.41, 5.74) is 0.601. The van der Waals surface area contributed by atoms with E-state index in [1.807, 2.05) is 6.92 Å². The Hall–Kier alpha value is -1.20. The van der Waals surface area contributed by atoms with Crippen molar-refractivity contribution in [1.82, 2.24) is 15.5 Å². The largest absolute Gasteiger partial charge is 0.435 e. The molecule has 1 unspecified atom stereocenters. The normalized spacial score (nSPS) is 17.0. The molecule has 0 saturated carbocycles. The number of halogens is 3. The lowest BCUT2D eigenvalue weighted by Gasteiger charge is -2.30. The summed E-state index contributed by atoms with van der Waals surface area (Å²) in [5, 5.41) is 16.8. The zero-order valence-corrected chi connectivity index (χ0v) is 19.4. The zero-order valence-electron chi connectivity index (χ0n) is 17.1. The molecule has 1 aliphatic rings. The van der Waals surface area contributed by atoms with Crippen LogP contribution in [0.4, 0.5) is 8.78 Å². The van der Waals surface area contributed by atoms with Gasteiger partial charge in [-0.3, -0.25) is 4.99 Å². The van der Waals surface area contributed by atoms with Crippen molar-refractivity contribution in [3.05, 3.63) is 29.8 Å². The number of nitrogens with one attached hydrogen (secondary N) is 2. The Kier molecular flexibility index (Phi) is 12.4. The van der Waals surface area contributed by atoms with E-state index in [9.17, 15) is 13.9 Å². The van der Waals surface area contributed by atoms with Crippen LogP contribution in [-0.2, 0) is 0 Å². The number of guanidine groups is 1. The second-order valence-electron chi connectivity index (χ2n) is 7.13. The van der Waals surface area contributed by atoms with Crippen LogP contribution >= 0.6 is 24.0 Å². The summed E-state index contributed by atoms with van der Waals surface area (Å²) in [6.07, 6.45) is 1.68. The van der Waals surface area contributed by atoms with Crippen molar-refractivity contribution in [1.29, 1.82) is 0 Å². The van der Waals surface area contributed by atoms with E-state index in [1.165, 1.54) is 25.0 Å².